The topological polar surface area (TPSA) is 21.3 Å². The number of hydrogen-bond acceptors (Lipinski definition) is 2. The number of halogens is 1. The summed E-state index contributed by atoms with van der Waals surface area (Å²) in [5.41, 5.74) is 0.638. The van der Waals surface area contributed by atoms with E-state index in [4.69, 9.17) is 4.74 Å². The van der Waals surface area contributed by atoms with Crippen molar-refractivity contribution in [1.82, 2.24) is 5.32 Å². The predicted molar refractivity (Wildman–Crippen MR) is 77.7 cm³/mol. The molecule has 0 aliphatic carbocycles. The van der Waals surface area contributed by atoms with Gasteiger partial charge in [-0.05, 0) is 31.9 Å². The Kier molecular flexibility index (Phi) is 7.03. The molecule has 108 valence electrons. The lowest BCUT2D eigenvalue weighted by atomic mass is 10.1. The van der Waals surface area contributed by atoms with Gasteiger partial charge in [0.1, 0.15) is 5.82 Å². The Labute approximate surface area is 116 Å². The lowest BCUT2D eigenvalue weighted by Crippen LogP contribution is -2.27. The normalized spacial score (nSPS) is 14.6. The summed E-state index contributed by atoms with van der Waals surface area (Å²) in [5, 5.41) is 3.24. The highest BCUT2D eigenvalue weighted by molar-refractivity contribution is 5.20. The summed E-state index contributed by atoms with van der Waals surface area (Å²) in [6, 6.07) is 6.86. The number of likely N-dealkylation sites (N-methyl/N-ethyl adjacent to an activating group) is 1. The first-order valence-corrected chi connectivity index (χ1v) is 7.15. The van der Waals surface area contributed by atoms with E-state index in [2.05, 4.69) is 26.1 Å². The van der Waals surface area contributed by atoms with Crippen molar-refractivity contribution in [2.45, 2.75) is 46.3 Å². The lowest BCUT2D eigenvalue weighted by molar-refractivity contribution is -0.0140. The van der Waals surface area contributed by atoms with Gasteiger partial charge in [-0.2, -0.15) is 0 Å². The van der Waals surface area contributed by atoms with Gasteiger partial charge in [0.05, 0.1) is 12.2 Å². The molecule has 19 heavy (non-hydrogen) atoms. The van der Waals surface area contributed by atoms with Crippen LogP contribution < -0.4 is 5.32 Å². The van der Waals surface area contributed by atoms with E-state index < -0.39 is 0 Å². The second kappa shape index (κ2) is 8.28. The van der Waals surface area contributed by atoms with Crippen LogP contribution in [0.15, 0.2) is 24.3 Å². The third-order valence-electron chi connectivity index (χ3n) is 3.03. The number of hydrogen-bond donors (Lipinski definition) is 1. The van der Waals surface area contributed by atoms with E-state index in [9.17, 15) is 4.39 Å². The largest absolute Gasteiger partial charge is 0.369 e. The van der Waals surface area contributed by atoms with Crippen LogP contribution in [0.2, 0.25) is 0 Å². The second-order valence-corrected chi connectivity index (χ2v) is 5.39. The van der Waals surface area contributed by atoms with E-state index in [0.717, 1.165) is 13.0 Å². The van der Waals surface area contributed by atoms with Gasteiger partial charge in [-0.1, -0.05) is 39.0 Å². The SMILES string of the molecule is CCNCC(OC(C)CC(C)C)c1ccccc1F. The summed E-state index contributed by atoms with van der Waals surface area (Å²) in [7, 11) is 0. The quantitative estimate of drug-likeness (QED) is 0.770. The molecule has 0 heterocycles. The first-order chi connectivity index (χ1) is 9.04. The fourth-order valence-corrected chi connectivity index (χ4v) is 2.24. The Morgan fingerprint density at radius 1 is 1.21 bits per heavy atom. The van der Waals surface area contributed by atoms with Crippen LogP contribution in [-0.4, -0.2) is 19.2 Å². The molecule has 0 amide bonds. The van der Waals surface area contributed by atoms with Crippen molar-refractivity contribution < 1.29 is 9.13 Å². The van der Waals surface area contributed by atoms with Crippen LogP contribution in [0, 0.1) is 11.7 Å². The van der Waals surface area contributed by atoms with E-state index in [1.54, 1.807) is 12.1 Å². The van der Waals surface area contributed by atoms with E-state index >= 15 is 0 Å². The van der Waals surface area contributed by atoms with Crippen LogP contribution >= 0.6 is 0 Å². The van der Waals surface area contributed by atoms with Crippen LogP contribution in [0.25, 0.3) is 0 Å². The van der Waals surface area contributed by atoms with Crippen molar-refractivity contribution in [2.24, 2.45) is 5.92 Å². The Bertz CT molecular complexity index is 368. The predicted octanol–water partition coefficient (Wildman–Crippen LogP) is 3.93. The van der Waals surface area contributed by atoms with Gasteiger partial charge in [0.25, 0.3) is 0 Å². The smallest absolute Gasteiger partial charge is 0.129 e. The van der Waals surface area contributed by atoms with Crippen LogP contribution in [0.4, 0.5) is 4.39 Å². The van der Waals surface area contributed by atoms with Gasteiger partial charge in [-0.25, -0.2) is 4.39 Å². The zero-order chi connectivity index (χ0) is 14.3. The monoisotopic (exact) mass is 267 g/mol. The molecule has 0 spiro atoms. The van der Waals surface area contributed by atoms with Gasteiger partial charge < -0.3 is 10.1 Å². The molecule has 0 fully saturated rings. The van der Waals surface area contributed by atoms with Gasteiger partial charge in [0, 0.05) is 12.1 Å². The summed E-state index contributed by atoms with van der Waals surface area (Å²) in [6.07, 6.45) is 0.884. The molecule has 0 aromatic heterocycles. The zero-order valence-corrected chi connectivity index (χ0v) is 12.4. The van der Waals surface area contributed by atoms with E-state index in [-0.39, 0.29) is 18.0 Å². The minimum Gasteiger partial charge on any atom is -0.369 e. The molecule has 0 saturated carbocycles. The molecule has 1 N–H and O–H groups in total. The maximum Gasteiger partial charge on any atom is 0.129 e. The van der Waals surface area contributed by atoms with E-state index in [0.29, 0.717) is 18.0 Å². The fourth-order valence-electron chi connectivity index (χ4n) is 2.24. The number of ether oxygens (including phenoxy) is 1. The number of rotatable bonds is 8. The van der Waals surface area contributed by atoms with Gasteiger partial charge in [0.2, 0.25) is 0 Å². The zero-order valence-electron chi connectivity index (χ0n) is 12.4. The molecule has 2 unspecified atom stereocenters. The van der Waals surface area contributed by atoms with Crippen LogP contribution in [0.3, 0.4) is 0 Å². The molecular weight excluding hydrogens is 241 g/mol. The summed E-state index contributed by atoms with van der Waals surface area (Å²) >= 11 is 0. The van der Waals surface area contributed by atoms with Gasteiger partial charge in [-0.3, -0.25) is 0 Å². The third-order valence-corrected chi connectivity index (χ3v) is 3.03. The molecule has 3 heteroatoms. The highest BCUT2D eigenvalue weighted by Crippen LogP contribution is 2.23. The first-order valence-electron chi connectivity index (χ1n) is 7.15. The third kappa shape index (κ3) is 5.70. The fraction of sp³-hybridized carbons (Fsp3) is 0.625. The van der Waals surface area contributed by atoms with Crippen molar-refractivity contribution in [2.75, 3.05) is 13.1 Å². The van der Waals surface area contributed by atoms with Crippen molar-refractivity contribution in [1.29, 1.82) is 0 Å². The average molecular weight is 267 g/mol. The summed E-state index contributed by atoms with van der Waals surface area (Å²) in [5.74, 6) is 0.387. The second-order valence-electron chi connectivity index (χ2n) is 5.39. The highest BCUT2D eigenvalue weighted by Gasteiger charge is 2.19. The first kappa shape index (κ1) is 16.1. The Hall–Kier alpha value is -0.930. The van der Waals surface area contributed by atoms with Gasteiger partial charge in [-0.15, -0.1) is 0 Å². The van der Waals surface area contributed by atoms with E-state index in [1.807, 2.05) is 13.0 Å². The number of benzene rings is 1. The van der Waals surface area contributed by atoms with Crippen LogP contribution in [0.1, 0.15) is 45.8 Å². The maximum absolute atomic E-state index is 13.9. The highest BCUT2D eigenvalue weighted by atomic mass is 19.1. The molecule has 2 atom stereocenters. The average Bonchev–Trinajstić information content (AvgIpc) is 2.34. The Morgan fingerprint density at radius 2 is 1.89 bits per heavy atom. The van der Waals surface area contributed by atoms with Crippen molar-refractivity contribution >= 4 is 0 Å². The molecule has 0 radical (unpaired) electrons. The molecule has 2 nitrogen and oxygen atoms in total. The molecule has 1 aromatic carbocycles. The Morgan fingerprint density at radius 3 is 2.47 bits per heavy atom. The molecule has 1 rings (SSSR count). The minimum atomic E-state index is -0.227. The van der Waals surface area contributed by atoms with Crippen LogP contribution in [0.5, 0.6) is 0 Å². The number of nitrogens with one attached hydrogen (secondary N) is 1. The minimum absolute atomic E-state index is 0.128. The standard InChI is InChI=1S/C16H26FNO/c1-5-18-11-16(19-13(4)10-12(2)3)14-8-6-7-9-15(14)17/h6-9,12-13,16,18H,5,10-11H2,1-4H3. The van der Waals surface area contributed by atoms with Crippen LogP contribution in [-0.2, 0) is 4.74 Å². The molecule has 0 bridgehead atoms. The van der Waals surface area contributed by atoms with Crippen molar-refractivity contribution in [3.8, 4) is 0 Å². The lowest BCUT2D eigenvalue weighted by Gasteiger charge is -2.24. The van der Waals surface area contributed by atoms with Gasteiger partial charge >= 0.3 is 0 Å². The molecule has 0 aliphatic rings. The van der Waals surface area contributed by atoms with Crippen molar-refractivity contribution in [3.63, 3.8) is 0 Å². The maximum atomic E-state index is 13.9. The molecule has 0 saturated heterocycles. The molecule has 0 aliphatic heterocycles. The molecule has 1 aromatic rings. The summed E-state index contributed by atoms with van der Waals surface area (Å²) < 4.78 is 19.9. The van der Waals surface area contributed by atoms with Gasteiger partial charge in [0.15, 0.2) is 0 Å². The summed E-state index contributed by atoms with van der Waals surface area (Å²) in [4.78, 5) is 0. The van der Waals surface area contributed by atoms with E-state index in [1.165, 1.54) is 6.07 Å². The van der Waals surface area contributed by atoms with Crippen molar-refractivity contribution in [3.05, 3.63) is 35.6 Å². The Balaban J connectivity index is 2.74. The summed E-state index contributed by atoms with van der Waals surface area (Å²) in [6.45, 7) is 9.92. The molecular formula is C16H26FNO.